The third-order valence-corrected chi connectivity index (χ3v) is 3.37. The van der Waals surface area contributed by atoms with E-state index in [1.807, 2.05) is 18.2 Å². The van der Waals surface area contributed by atoms with Gasteiger partial charge in [-0.1, -0.05) is 42.8 Å². The predicted molar refractivity (Wildman–Crippen MR) is 84.4 cm³/mol. The molecule has 112 valence electrons. The van der Waals surface area contributed by atoms with Crippen LogP contribution in [0, 0.1) is 5.82 Å². The number of hydrogen-bond acceptors (Lipinski definition) is 2. The van der Waals surface area contributed by atoms with Crippen LogP contribution < -0.4 is 10.1 Å². The van der Waals surface area contributed by atoms with Gasteiger partial charge in [-0.05, 0) is 37.2 Å². The molecule has 0 aromatic heterocycles. The van der Waals surface area contributed by atoms with E-state index >= 15 is 0 Å². The monoisotopic (exact) mass is 307 g/mol. The lowest BCUT2D eigenvalue weighted by atomic mass is 10.1. The average Bonchev–Trinajstić information content (AvgIpc) is 2.48. The second kappa shape index (κ2) is 8.01. The van der Waals surface area contributed by atoms with Crippen molar-refractivity contribution in [1.82, 2.24) is 5.32 Å². The summed E-state index contributed by atoms with van der Waals surface area (Å²) in [5.74, 6) is 0.461. The quantitative estimate of drug-likeness (QED) is 0.807. The van der Waals surface area contributed by atoms with Gasteiger partial charge in [-0.25, -0.2) is 4.39 Å². The Morgan fingerprint density at radius 1 is 1.19 bits per heavy atom. The predicted octanol–water partition coefficient (Wildman–Crippen LogP) is 4.60. The maximum atomic E-state index is 13.9. The van der Waals surface area contributed by atoms with Crippen molar-refractivity contribution in [2.75, 3.05) is 13.2 Å². The molecular weight excluding hydrogens is 289 g/mol. The van der Waals surface area contributed by atoms with Crippen molar-refractivity contribution in [1.29, 1.82) is 0 Å². The SMILES string of the molecule is CCCNC(COc1cccc(Cl)c1)c1ccccc1F. The molecule has 0 heterocycles. The number of benzene rings is 2. The molecule has 1 atom stereocenters. The van der Waals surface area contributed by atoms with Crippen LogP contribution in [0.25, 0.3) is 0 Å². The summed E-state index contributed by atoms with van der Waals surface area (Å²) in [4.78, 5) is 0. The lowest BCUT2D eigenvalue weighted by Gasteiger charge is -2.20. The minimum atomic E-state index is -0.221. The van der Waals surface area contributed by atoms with Crippen LogP contribution >= 0.6 is 11.6 Å². The Labute approximate surface area is 129 Å². The number of rotatable bonds is 7. The first-order valence-corrected chi connectivity index (χ1v) is 7.44. The van der Waals surface area contributed by atoms with Crippen molar-refractivity contribution in [2.45, 2.75) is 19.4 Å². The van der Waals surface area contributed by atoms with Crippen molar-refractivity contribution in [3.05, 3.63) is 64.9 Å². The molecule has 0 saturated carbocycles. The first-order chi connectivity index (χ1) is 10.2. The molecule has 0 radical (unpaired) electrons. The molecule has 2 nitrogen and oxygen atoms in total. The molecule has 1 N–H and O–H groups in total. The van der Waals surface area contributed by atoms with E-state index in [4.69, 9.17) is 16.3 Å². The first kappa shape index (κ1) is 15.8. The zero-order valence-corrected chi connectivity index (χ0v) is 12.7. The van der Waals surface area contributed by atoms with E-state index in [0.717, 1.165) is 13.0 Å². The summed E-state index contributed by atoms with van der Waals surface area (Å²) in [6, 6.07) is 13.8. The van der Waals surface area contributed by atoms with Crippen LogP contribution in [0.2, 0.25) is 5.02 Å². The number of nitrogens with one attached hydrogen (secondary N) is 1. The van der Waals surface area contributed by atoms with Crippen LogP contribution in [0.5, 0.6) is 5.75 Å². The summed E-state index contributed by atoms with van der Waals surface area (Å²) < 4.78 is 19.7. The molecule has 0 saturated heterocycles. The van der Waals surface area contributed by atoms with E-state index in [1.54, 1.807) is 24.3 Å². The summed E-state index contributed by atoms with van der Waals surface area (Å²) in [5.41, 5.74) is 0.618. The highest BCUT2D eigenvalue weighted by atomic mass is 35.5. The fourth-order valence-corrected chi connectivity index (χ4v) is 2.25. The van der Waals surface area contributed by atoms with Crippen molar-refractivity contribution < 1.29 is 9.13 Å². The lowest BCUT2D eigenvalue weighted by Crippen LogP contribution is -2.28. The zero-order chi connectivity index (χ0) is 15.1. The van der Waals surface area contributed by atoms with Gasteiger partial charge >= 0.3 is 0 Å². The van der Waals surface area contributed by atoms with Crippen LogP contribution in [0.4, 0.5) is 4.39 Å². The van der Waals surface area contributed by atoms with E-state index in [2.05, 4.69) is 12.2 Å². The highest BCUT2D eigenvalue weighted by Crippen LogP contribution is 2.21. The molecule has 2 aromatic carbocycles. The van der Waals surface area contributed by atoms with Gasteiger partial charge in [0.15, 0.2) is 0 Å². The molecule has 21 heavy (non-hydrogen) atoms. The molecule has 1 unspecified atom stereocenters. The number of hydrogen-bond donors (Lipinski definition) is 1. The van der Waals surface area contributed by atoms with Gasteiger partial charge in [-0.2, -0.15) is 0 Å². The molecule has 0 fully saturated rings. The van der Waals surface area contributed by atoms with E-state index in [1.165, 1.54) is 6.07 Å². The summed E-state index contributed by atoms with van der Waals surface area (Å²) in [6.45, 7) is 3.22. The summed E-state index contributed by atoms with van der Waals surface area (Å²) in [6.07, 6.45) is 0.974. The fraction of sp³-hybridized carbons (Fsp3) is 0.294. The van der Waals surface area contributed by atoms with Crippen molar-refractivity contribution >= 4 is 11.6 Å². The van der Waals surface area contributed by atoms with Crippen LogP contribution in [-0.4, -0.2) is 13.2 Å². The molecule has 0 spiro atoms. The molecule has 2 aromatic rings. The van der Waals surface area contributed by atoms with Gasteiger partial charge < -0.3 is 10.1 Å². The van der Waals surface area contributed by atoms with Gasteiger partial charge in [0.2, 0.25) is 0 Å². The van der Waals surface area contributed by atoms with Gasteiger partial charge in [0, 0.05) is 10.6 Å². The Hall–Kier alpha value is -1.58. The summed E-state index contributed by atoms with van der Waals surface area (Å²) >= 11 is 5.93. The largest absolute Gasteiger partial charge is 0.492 e. The highest BCUT2D eigenvalue weighted by Gasteiger charge is 2.15. The Balaban J connectivity index is 2.08. The number of halogens is 2. The molecule has 0 aliphatic carbocycles. The Morgan fingerprint density at radius 3 is 2.71 bits per heavy atom. The van der Waals surface area contributed by atoms with Crippen LogP contribution in [0.15, 0.2) is 48.5 Å². The Bertz CT molecular complexity index is 576. The fourth-order valence-electron chi connectivity index (χ4n) is 2.07. The Kier molecular flexibility index (Phi) is 6.03. The van der Waals surface area contributed by atoms with Crippen molar-refractivity contribution in [2.24, 2.45) is 0 Å². The topological polar surface area (TPSA) is 21.3 Å². The highest BCUT2D eigenvalue weighted by molar-refractivity contribution is 6.30. The standard InChI is InChI=1S/C17H19ClFNO/c1-2-10-20-17(15-8-3-4-9-16(15)19)12-21-14-7-5-6-13(18)11-14/h3-9,11,17,20H,2,10,12H2,1H3. The molecule has 0 aliphatic heterocycles. The van der Waals surface area contributed by atoms with Crippen LogP contribution in [0.3, 0.4) is 0 Å². The second-order valence-corrected chi connectivity index (χ2v) is 5.23. The van der Waals surface area contributed by atoms with Crippen LogP contribution in [0.1, 0.15) is 24.9 Å². The van der Waals surface area contributed by atoms with E-state index in [9.17, 15) is 4.39 Å². The summed E-state index contributed by atoms with van der Waals surface area (Å²) in [7, 11) is 0. The van der Waals surface area contributed by atoms with Crippen molar-refractivity contribution in [3.63, 3.8) is 0 Å². The smallest absolute Gasteiger partial charge is 0.128 e. The molecule has 4 heteroatoms. The second-order valence-electron chi connectivity index (χ2n) is 4.80. The lowest BCUT2D eigenvalue weighted by molar-refractivity contribution is 0.263. The van der Waals surface area contributed by atoms with Crippen molar-refractivity contribution in [3.8, 4) is 5.75 Å². The first-order valence-electron chi connectivity index (χ1n) is 7.07. The van der Waals surface area contributed by atoms with E-state index < -0.39 is 0 Å². The van der Waals surface area contributed by atoms with E-state index in [0.29, 0.717) is 22.9 Å². The number of ether oxygens (including phenoxy) is 1. The third-order valence-electron chi connectivity index (χ3n) is 3.13. The Morgan fingerprint density at radius 2 is 2.00 bits per heavy atom. The van der Waals surface area contributed by atoms with Crippen LogP contribution in [-0.2, 0) is 0 Å². The summed E-state index contributed by atoms with van der Waals surface area (Å²) in [5, 5.41) is 3.94. The average molecular weight is 308 g/mol. The molecule has 0 bridgehead atoms. The molecule has 2 rings (SSSR count). The third kappa shape index (κ3) is 4.73. The normalized spacial score (nSPS) is 12.1. The maximum Gasteiger partial charge on any atom is 0.128 e. The minimum Gasteiger partial charge on any atom is -0.492 e. The minimum absolute atomic E-state index is 0.190. The molecule has 0 amide bonds. The van der Waals surface area contributed by atoms with E-state index in [-0.39, 0.29) is 11.9 Å². The molecular formula is C17H19ClFNO. The van der Waals surface area contributed by atoms with Gasteiger partial charge in [-0.3, -0.25) is 0 Å². The molecule has 0 aliphatic rings. The van der Waals surface area contributed by atoms with Gasteiger partial charge in [0.25, 0.3) is 0 Å². The zero-order valence-electron chi connectivity index (χ0n) is 12.0. The van der Waals surface area contributed by atoms with Gasteiger partial charge in [-0.15, -0.1) is 0 Å². The van der Waals surface area contributed by atoms with Gasteiger partial charge in [0.05, 0.1) is 6.04 Å². The maximum absolute atomic E-state index is 13.9. The van der Waals surface area contributed by atoms with Gasteiger partial charge in [0.1, 0.15) is 18.2 Å².